The number of rotatable bonds is 5. The average molecular weight is 292 g/mol. The van der Waals surface area contributed by atoms with Crippen molar-refractivity contribution >= 4 is 17.5 Å². The van der Waals surface area contributed by atoms with Crippen molar-refractivity contribution in [3.63, 3.8) is 0 Å². The van der Waals surface area contributed by atoms with Gasteiger partial charge in [0.2, 0.25) is 0 Å². The molecule has 2 N–H and O–H groups in total. The normalized spacial score (nSPS) is 14.0. The average Bonchev–Trinajstić information content (AvgIpc) is 2.33. The standard InChI is InChI=1S/C13H16ClF2NO2/c1-3-13(2,4-5-18)17-12(19)8-6-11(16)9(14)7-10(8)15/h6-7,18H,3-5H2,1-2H3,(H,17,19). The number of nitrogens with one attached hydrogen (secondary N) is 1. The van der Waals surface area contributed by atoms with Crippen molar-refractivity contribution in [2.24, 2.45) is 0 Å². The molecule has 0 spiro atoms. The molecule has 19 heavy (non-hydrogen) atoms. The van der Waals surface area contributed by atoms with Crippen molar-refractivity contribution in [2.75, 3.05) is 6.61 Å². The predicted molar refractivity (Wildman–Crippen MR) is 69.2 cm³/mol. The molecule has 1 rings (SSSR count). The summed E-state index contributed by atoms with van der Waals surface area (Å²) in [6.07, 6.45) is 0.879. The van der Waals surface area contributed by atoms with Crippen molar-refractivity contribution in [2.45, 2.75) is 32.2 Å². The minimum atomic E-state index is -0.883. The van der Waals surface area contributed by atoms with Crippen LogP contribution >= 0.6 is 11.6 Å². The van der Waals surface area contributed by atoms with Gasteiger partial charge in [0, 0.05) is 12.1 Å². The second kappa shape index (κ2) is 6.30. The monoisotopic (exact) mass is 291 g/mol. The summed E-state index contributed by atoms with van der Waals surface area (Å²) in [5.41, 5.74) is -1.08. The molecule has 0 aliphatic carbocycles. The maximum absolute atomic E-state index is 13.6. The molecule has 1 atom stereocenters. The van der Waals surface area contributed by atoms with Crippen molar-refractivity contribution in [3.8, 4) is 0 Å². The number of benzene rings is 1. The van der Waals surface area contributed by atoms with E-state index in [0.717, 1.165) is 12.1 Å². The highest BCUT2D eigenvalue weighted by molar-refractivity contribution is 6.30. The molecule has 1 aromatic rings. The Bertz CT molecular complexity index is 482. The second-order valence-corrected chi connectivity index (χ2v) is 5.00. The van der Waals surface area contributed by atoms with Gasteiger partial charge >= 0.3 is 0 Å². The zero-order chi connectivity index (χ0) is 14.6. The van der Waals surface area contributed by atoms with Crippen LogP contribution in [0.2, 0.25) is 5.02 Å². The highest BCUT2D eigenvalue weighted by Gasteiger charge is 2.26. The third-order valence-electron chi connectivity index (χ3n) is 3.11. The molecule has 0 aromatic heterocycles. The Balaban J connectivity index is 2.98. The van der Waals surface area contributed by atoms with Crippen molar-refractivity contribution < 1.29 is 18.7 Å². The molecule has 0 radical (unpaired) electrons. The minimum Gasteiger partial charge on any atom is -0.396 e. The van der Waals surface area contributed by atoms with Gasteiger partial charge in [0.05, 0.1) is 10.6 Å². The van der Waals surface area contributed by atoms with E-state index in [1.54, 1.807) is 6.92 Å². The smallest absolute Gasteiger partial charge is 0.254 e. The molecule has 0 fully saturated rings. The Labute approximate surface area is 115 Å². The highest BCUT2D eigenvalue weighted by atomic mass is 35.5. The van der Waals surface area contributed by atoms with Crippen LogP contribution in [0.15, 0.2) is 12.1 Å². The van der Waals surface area contributed by atoms with E-state index in [1.165, 1.54) is 0 Å². The van der Waals surface area contributed by atoms with Gasteiger partial charge in [-0.15, -0.1) is 0 Å². The number of aliphatic hydroxyl groups is 1. The molecule has 0 saturated heterocycles. The lowest BCUT2D eigenvalue weighted by Gasteiger charge is -2.29. The van der Waals surface area contributed by atoms with Crippen molar-refractivity contribution in [1.29, 1.82) is 0 Å². The quantitative estimate of drug-likeness (QED) is 0.820. The first kappa shape index (κ1) is 15.9. The summed E-state index contributed by atoms with van der Waals surface area (Å²) in [5, 5.41) is 11.2. The maximum atomic E-state index is 13.6. The van der Waals surface area contributed by atoms with E-state index in [0.29, 0.717) is 12.8 Å². The fraction of sp³-hybridized carbons (Fsp3) is 0.462. The third-order valence-corrected chi connectivity index (χ3v) is 3.40. The molecule has 1 aromatic carbocycles. The van der Waals surface area contributed by atoms with Crippen LogP contribution in [0.3, 0.4) is 0 Å². The first-order valence-corrected chi connectivity index (χ1v) is 6.28. The molecule has 0 bridgehead atoms. The van der Waals surface area contributed by atoms with Crippen LogP contribution < -0.4 is 5.32 Å². The summed E-state index contributed by atoms with van der Waals surface area (Å²) in [5.74, 6) is -2.47. The second-order valence-electron chi connectivity index (χ2n) is 4.59. The lowest BCUT2D eigenvalue weighted by molar-refractivity contribution is 0.0881. The van der Waals surface area contributed by atoms with Gasteiger partial charge in [-0.05, 0) is 31.9 Å². The molecule has 0 aliphatic rings. The fourth-order valence-electron chi connectivity index (χ4n) is 1.61. The number of carbonyl (C=O) groups is 1. The van der Waals surface area contributed by atoms with Crippen LogP contribution in [-0.4, -0.2) is 23.2 Å². The number of halogens is 3. The third kappa shape index (κ3) is 3.88. The summed E-state index contributed by atoms with van der Waals surface area (Å²) in [7, 11) is 0. The Kier molecular flexibility index (Phi) is 5.26. The Hall–Kier alpha value is -1.20. The molecule has 3 nitrogen and oxygen atoms in total. The van der Waals surface area contributed by atoms with Crippen LogP contribution in [0.1, 0.15) is 37.0 Å². The lowest BCUT2D eigenvalue weighted by Crippen LogP contribution is -2.46. The fourth-order valence-corrected chi connectivity index (χ4v) is 1.76. The van der Waals surface area contributed by atoms with Crippen LogP contribution in [-0.2, 0) is 0 Å². The molecule has 0 heterocycles. The predicted octanol–water partition coefficient (Wildman–Crippen LogP) is 2.90. The van der Waals surface area contributed by atoms with Crippen LogP contribution in [0, 0.1) is 11.6 Å². The Morgan fingerprint density at radius 3 is 2.58 bits per heavy atom. The van der Waals surface area contributed by atoms with E-state index >= 15 is 0 Å². The molecule has 1 amide bonds. The molecular formula is C13H16ClF2NO2. The van der Waals surface area contributed by atoms with Crippen molar-refractivity contribution in [3.05, 3.63) is 34.4 Å². The Morgan fingerprint density at radius 1 is 1.42 bits per heavy atom. The zero-order valence-corrected chi connectivity index (χ0v) is 11.5. The van der Waals surface area contributed by atoms with Gasteiger partial charge < -0.3 is 10.4 Å². The van der Waals surface area contributed by atoms with E-state index in [2.05, 4.69) is 5.32 Å². The van der Waals surface area contributed by atoms with E-state index in [-0.39, 0.29) is 11.6 Å². The molecule has 0 aliphatic heterocycles. The van der Waals surface area contributed by atoms with Gasteiger partial charge in [0.1, 0.15) is 11.6 Å². The maximum Gasteiger partial charge on any atom is 0.254 e. The van der Waals surface area contributed by atoms with Crippen LogP contribution in [0.5, 0.6) is 0 Å². The van der Waals surface area contributed by atoms with Gasteiger partial charge in [-0.25, -0.2) is 8.78 Å². The molecule has 1 unspecified atom stereocenters. The summed E-state index contributed by atoms with van der Waals surface area (Å²) in [6, 6.07) is 1.53. The highest BCUT2D eigenvalue weighted by Crippen LogP contribution is 2.21. The van der Waals surface area contributed by atoms with Crippen molar-refractivity contribution in [1.82, 2.24) is 5.32 Å². The van der Waals surface area contributed by atoms with Gasteiger partial charge in [0.25, 0.3) is 5.91 Å². The van der Waals surface area contributed by atoms with E-state index in [1.807, 2.05) is 6.92 Å². The topological polar surface area (TPSA) is 49.3 Å². The number of carbonyl (C=O) groups excluding carboxylic acids is 1. The molecule has 106 valence electrons. The summed E-state index contributed by atoms with van der Waals surface area (Å²) in [6.45, 7) is 3.45. The van der Waals surface area contributed by atoms with Gasteiger partial charge in [-0.1, -0.05) is 18.5 Å². The van der Waals surface area contributed by atoms with Crippen LogP contribution in [0.25, 0.3) is 0 Å². The molecule has 0 saturated carbocycles. The number of hydrogen-bond acceptors (Lipinski definition) is 2. The summed E-state index contributed by atoms with van der Waals surface area (Å²) < 4.78 is 26.8. The van der Waals surface area contributed by atoms with E-state index < -0.39 is 28.6 Å². The first-order chi connectivity index (χ1) is 8.83. The Morgan fingerprint density at radius 2 is 2.05 bits per heavy atom. The largest absolute Gasteiger partial charge is 0.396 e. The number of amides is 1. The van der Waals surface area contributed by atoms with Crippen LogP contribution in [0.4, 0.5) is 8.78 Å². The summed E-state index contributed by atoms with van der Waals surface area (Å²) in [4.78, 5) is 11.9. The lowest BCUT2D eigenvalue weighted by atomic mass is 9.94. The minimum absolute atomic E-state index is 0.109. The molecular weight excluding hydrogens is 276 g/mol. The first-order valence-electron chi connectivity index (χ1n) is 5.91. The SMILES string of the molecule is CCC(C)(CCO)NC(=O)c1cc(F)c(Cl)cc1F. The molecule has 6 heteroatoms. The number of aliphatic hydroxyl groups excluding tert-OH is 1. The summed E-state index contributed by atoms with van der Waals surface area (Å²) >= 11 is 5.42. The van der Waals surface area contributed by atoms with E-state index in [4.69, 9.17) is 16.7 Å². The van der Waals surface area contributed by atoms with Gasteiger partial charge in [-0.3, -0.25) is 4.79 Å². The number of hydrogen-bond donors (Lipinski definition) is 2. The van der Waals surface area contributed by atoms with Gasteiger partial charge in [-0.2, -0.15) is 0 Å². The van der Waals surface area contributed by atoms with Gasteiger partial charge in [0.15, 0.2) is 0 Å². The van der Waals surface area contributed by atoms with E-state index in [9.17, 15) is 13.6 Å². The zero-order valence-electron chi connectivity index (χ0n) is 10.8.